The topological polar surface area (TPSA) is 45.0 Å². The fourth-order valence-electron chi connectivity index (χ4n) is 1.95. The first kappa shape index (κ1) is 14.6. The number of thiophene rings is 1. The number of hydrogen-bond donors (Lipinski definition) is 1. The Kier molecular flexibility index (Phi) is 5.60. The van der Waals surface area contributed by atoms with Crippen molar-refractivity contribution in [3.05, 3.63) is 52.2 Å². The highest BCUT2D eigenvalue weighted by atomic mass is 32.1. The predicted octanol–water partition coefficient (Wildman–Crippen LogP) is 3.37. The molecule has 3 nitrogen and oxygen atoms in total. The van der Waals surface area contributed by atoms with Crippen LogP contribution in [0.25, 0.3) is 0 Å². The van der Waals surface area contributed by atoms with Crippen LogP contribution in [-0.4, -0.2) is 12.6 Å². The Morgan fingerprint density at radius 2 is 2.05 bits per heavy atom. The summed E-state index contributed by atoms with van der Waals surface area (Å²) in [6.07, 6.45) is 1.05. The van der Waals surface area contributed by atoms with E-state index in [0.717, 1.165) is 18.7 Å². The maximum Gasteiger partial charge on any atom is 0.174 e. The van der Waals surface area contributed by atoms with Gasteiger partial charge >= 0.3 is 0 Å². The molecule has 104 valence electrons. The normalized spacial score (nSPS) is 11.8. The van der Waals surface area contributed by atoms with E-state index in [1.807, 2.05) is 30.3 Å². The SMILES string of the molecule is CC(Cc1ccsc1)NCc1ccc(OCC#N)cc1. The molecule has 1 heterocycles. The summed E-state index contributed by atoms with van der Waals surface area (Å²) in [5.74, 6) is 0.738. The Morgan fingerprint density at radius 1 is 1.25 bits per heavy atom. The Morgan fingerprint density at radius 3 is 2.70 bits per heavy atom. The van der Waals surface area contributed by atoms with Crippen LogP contribution in [0.4, 0.5) is 0 Å². The van der Waals surface area contributed by atoms with E-state index in [1.165, 1.54) is 11.1 Å². The Hall–Kier alpha value is -1.83. The highest BCUT2D eigenvalue weighted by molar-refractivity contribution is 7.07. The van der Waals surface area contributed by atoms with Gasteiger partial charge in [0.1, 0.15) is 11.8 Å². The van der Waals surface area contributed by atoms with E-state index >= 15 is 0 Å². The second-order valence-electron chi connectivity index (χ2n) is 4.71. The van der Waals surface area contributed by atoms with Gasteiger partial charge in [0.2, 0.25) is 0 Å². The molecule has 1 aromatic heterocycles. The summed E-state index contributed by atoms with van der Waals surface area (Å²) in [7, 11) is 0. The van der Waals surface area contributed by atoms with Crippen molar-refractivity contribution in [1.29, 1.82) is 5.26 Å². The van der Waals surface area contributed by atoms with Gasteiger partial charge in [-0.1, -0.05) is 12.1 Å². The average Bonchev–Trinajstić information content (AvgIpc) is 2.97. The standard InChI is InChI=1S/C16H18N2OS/c1-13(10-15-6-9-20-12-15)18-11-14-2-4-16(5-3-14)19-8-7-17/h2-6,9,12-13,18H,8,10-11H2,1H3. The van der Waals surface area contributed by atoms with Crippen molar-refractivity contribution >= 4 is 11.3 Å². The number of nitrogens with zero attached hydrogens (tertiary/aromatic N) is 1. The third-order valence-electron chi connectivity index (χ3n) is 3.00. The van der Waals surface area contributed by atoms with E-state index < -0.39 is 0 Å². The molecule has 0 amide bonds. The molecular formula is C16H18N2OS. The number of benzene rings is 1. The molecule has 0 aliphatic carbocycles. The molecule has 0 fully saturated rings. The summed E-state index contributed by atoms with van der Waals surface area (Å²) in [6.45, 7) is 3.13. The molecule has 0 spiro atoms. The third-order valence-corrected chi connectivity index (χ3v) is 3.74. The zero-order chi connectivity index (χ0) is 14.2. The number of rotatable bonds is 7. The minimum Gasteiger partial charge on any atom is -0.479 e. The molecule has 1 N–H and O–H groups in total. The number of ether oxygens (including phenoxy) is 1. The van der Waals surface area contributed by atoms with Crippen LogP contribution < -0.4 is 10.1 Å². The van der Waals surface area contributed by atoms with Gasteiger partial charge in [-0.15, -0.1) is 0 Å². The van der Waals surface area contributed by atoms with Crippen LogP contribution in [0.15, 0.2) is 41.1 Å². The van der Waals surface area contributed by atoms with Crippen LogP contribution in [0.3, 0.4) is 0 Å². The maximum absolute atomic E-state index is 8.45. The lowest BCUT2D eigenvalue weighted by atomic mass is 10.1. The van der Waals surface area contributed by atoms with Gasteiger partial charge < -0.3 is 10.1 Å². The van der Waals surface area contributed by atoms with E-state index in [4.69, 9.17) is 10.00 Å². The van der Waals surface area contributed by atoms with E-state index in [-0.39, 0.29) is 6.61 Å². The van der Waals surface area contributed by atoms with Crippen LogP contribution in [0.1, 0.15) is 18.1 Å². The first-order chi connectivity index (χ1) is 9.78. The number of nitrogens with one attached hydrogen (secondary N) is 1. The zero-order valence-corrected chi connectivity index (χ0v) is 12.3. The number of nitriles is 1. The predicted molar refractivity (Wildman–Crippen MR) is 81.9 cm³/mol. The summed E-state index contributed by atoms with van der Waals surface area (Å²) in [5.41, 5.74) is 2.60. The van der Waals surface area contributed by atoms with E-state index in [1.54, 1.807) is 11.3 Å². The van der Waals surface area contributed by atoms with Crippen LogP contribution in [0, 0.1) is 11.3 Å². The minimum absolute atomic E-state index is 0.0925. The largest absolute Gasteiger partial charge is 0.479 e. The van der Waals surface area contributed by atoms with E-state index in [9.17, 15) is 0 Å². The second kappa shape index (κ2) is 7.68. The van der Waals surface area contributed by atoms with Crippen molar-refractivity contribution in [1.82, 2.24) is 5.32 Å². The molecule has 2 aromatic rings. The van der Waals surface area contributed by atoms with Crippen LogP contribution in [-0.2, 0) is 13.0 Å². The quantitative estimate of drug-likeness (QED) is 0.848. The second-order valence-corrected chi connectivity index (χ2v) is 5.49. The van der Waals surface area contributed by atoms with E-state index in [0.29, 0.717) is 6.04 Å². The minimum atomic E-state index is 0.0925. The maximum atomic E-state index is 8.45. The number of hydrogen-bond acceptors (Lipinski definition) is 4. The summed E-state index contributed by atoms with van der Waals surface area (Å²) in [4.78, 5) is 0. The van der Waals surface area contributed by atoms with Gasteiger partial charge in [0.15, 0.2) is 6.61 Å². The molecule has 4 heteroatoms. The molecule has 0 saturated carbocycles. The van der Waals surface area contributed by atoms with Gasteiger partial charge in [0.05, 0.1) is 0 Å². The Bertz CT molecular complexity index is 543. The molecule has 2 rings (SSSR count). The van der Waals surface area contributed by atoms with Gasteiger partial charge in [-0.3, -0.25) is 0 Å². The fraction of sp³-hybridized carbons (Fsp3) is 0.312. The lowest BCUT2D eigenvalue weighted by molar-refractivity contribution is 0.368. The summed E-state index contributed by atoms with van der Waals surface area (Å²) in [5, 5.41) is 16.3. The molecule has 1 atom stereocenters. The molecule has 0 radical (unpaired) electrons. The van der Waals surface area contributed by atoms with Crippen LogP contribution >= 0.6 is 11.3 Å². The summed E-state index contributed by atoms with van der Waals surface area (Å²) in [6, 6.07) is 12.4. The lowest BCUT2D eigenvalue weighted by Gasteiger charge is -2.13. The zero-order valence-electron chi connectivity index (χ0n) is 11.5. The first-order valence-electron chi connectivity index (χ1n) is 6.61. The summed E-state index contributed by atoms with van der Waals surface area (Å²) < 4.78 is 5.23. The van der Waals surface area contributed by atoms with Crippen LogP contribution in [0.5, 0.6) is 5.75 Å². The molecule has 0 aliphatic rings. The highest BCUT2D eigenvalue weighted by Crippen LogP contribution is 2.13. The van der Waals surface area contributed by atoms with Crippen molar-refractivity contribution in [2.24, 2.45) is 0 Å². The lowest BCUT2D eigenvalue weighted by Crippen LogP contribution is -2.27. The van der Waals surface area contributed by atoms with Gasteiger partial charge in [0, 0.05) is 12.6 Å². The van der Waals surface area contributed by atoms with Gasteiger partial charge in [0.25, 0.3) is 0 Å². The molecule has 0 saturated heterocycles. The van der Waals surface area contributed by atoms with Gasteiger partial charge in [-0.05, 0) is 53.4 Å². The van der Waals surface area contributed by atoms with Crippen LogP contribution in [0.2, 0.25) is 0 Å². The van der Waals surface area contributed by atoms with Crippen molar-refractivity contribution in [3.8, 4) is 11.8 Å². The molecule has 0 bridgehead atoms. The first-order valence-corrected chi connectivity index (χ1v) is 7.55. The van der Waals surface area contributed by atoms with E-state index in [2.05, 4.69) is 29.1 Å². The van der Waals surface area contributed by atoms with Crippen molar-refractivity contribution in [2.45, 2.75) is 25.9 Å². The van der Waals surface area contributed by atoms with Gasteiger partial charge in [-0.25, -0.2) is 0 Å². The smallest absolute Gasteiger partial charge is 0.174 e. The van der Waals surface area contributed by atoms with Crippen molar-refractivity contribution < 1.29 is 4.74 Å². The molecule has 20 heavy (non-hydrogen) atoms. The van der Waals surface area contributed by atoms with Gasteiger partial charge in [-0.2, -0.15) is 16.6 Å². The Labute approximate surface area is 123 Å². The molecule has 1 unspecified atom stereocenters. The molecular weight excluding hydrogens is 268 g/mol. The summed E-state index contributed by atoms with van der Waals surface area (Å²) >= 11 is 1.74. The fourth-order valence-corrected chi connectivity index (χ4v) is 2.63. The van der Waals surface area contributed by atoms with Crippen molar-refractivity contribution in [2.75, 3.05) is 6.61 Å². The Balaban J connectivity index is 1.77. The monoisotopic (exact) mass is 286 g/mol. The van der Waals surface area contributed by atoms with Crippen molar-refractivity contribution in [3.63, 3.8) is 0 Å². The molecule has 1 aromatic carbocycles. The average molecular weight is 286 g/mol. The highest BCUT2D eigenvalue weighted by Gasteiger charge is 2.03. The molecule has 0 aliphatic heterocycles. The third kappa shape index (κ3) is 4.69.